The van der Waals surface area contributed by atoms with Gasteiger partial charge in [0.2, 0.25) is 0 Å². The van der Waals surface area contributed by atoms with E-state index in [1.807, 2.05) is 19.0 Å². The third kappa shape index (κ3) is 7.00. The standard InChI is InChI=1S/C13H27N3O3/c1-9(2)7-11(8-15(4)5)14-13(19)16(6)10(3)12(17)18/h9-11H,7-8H2,1-6H3,(H,14,19)(H,17,18). The van der Waals surface area contributed by atoms with Gasteiger partial charge in [0.1, 0.15) is 6.04 Å². The van der Waals surface area contributed by atoms with Gasteiger partial charge in [-0.1, -0.05) is 13.8 Å². The average molecular weight is 273 g/mol. The number of likely N-dealkylation sites (N-methyl/N-ethyl adjacent to an activating group) is 2. The fourth-order valence-corrected chi connectivity index (χ4v) is 1.81. The molecule has 6 nitrogen and oxygen atoms in total. The molecule has 0 saturated heterocycles. The highest BCUT2D eigenvalue weighted by Crippen LogP contribution is 2.07. The van der Waals surface area contributed by atoms with Crippen LogP contribution in [0.3, 0.4) is 0 Å². The molecule has 6 heteroatoms. The van der Waals surface area contributed by atoms with E-state index in [0.29, 0.717) is 5.92 Å². The first kappa shape index (κ1) is 17.7. The van der Waals surface area contributed by atoms with E-state index in [4.69, 9.17) is 5.11 Å². The molecule has 0 spiro atoms. The number of hydrogen-bond donors (Lipinski definition) is 2. The maximum Gasteiger partial charge on any atom is 0.326 e. The Morgan fingerprint density at radius 3 is 2.05 bits per heavy atom. The molecule has 2 atom stereocenters. The van der Waals surface area contributed by atoms with Gasteiger partial charge in [0.05, 0.1) is 0 Å². The molecular formula is C13H27N3O3. The van der Waals surface area contributed by atoms with E-state index in [9.17, 15) is 9.59 Å². The van der Waals surface area contributed by atoms with Crippen LogP contribution in [0.1, 0.15) is 27.2 Å². The summed E-state index contributed by atoms with van der Waals surface area (Å²) in [6, 6.07) is -1.16. The first-order chi connectivity index (χ1) is 8.65. The maximum atomic E-state index is 12.0. The van der Waals surface area contributed by atoms with Crippen LogP contribution >= 0.6 is 0 Å². The molecule has 0 heterocycles. The van der Waals surface area contributed by atoms with Crippen LogP contribution in [0.15, 0.2) is 0 Å². The number of hydrogen-bond acceptors (Lipinski definition) is 3. The number of amides is 2. The van der Waals surface area contributed by atoms with Crippen molar-refractivity contribution in [3.05, 3.63) is 0 Å². The van der Waals surface area contributed by atoms with Crippen molar-refractivity contribution >= 4 is 12.0 Å². The zero-order valence-corrected chi connectivity index (χ0v) is 12.8. The molecule has 0 aromatic heterocycles. The number of nitrogens with zero attached hydrogens (tertiary/aromatic N) is 2. The van der Waals surface area contributed by atoms with Gasteiger partial charge in [-0.15, -0.1) is 0 Å². The molecule has 0 saturated carbocycles. The van der Waals surface area contributed by atoms with Gasteiger partial charge >= 0.3 is 12.0 Å². The number of carbonyl (C=O) groups excluding carboxylic acids is 1. The number of rotatable bonds is 7. The van der Waals surface area contributed by atoms with Crippen molar-refractivity contribution in [3.63, 3.8) is 0 Å². The lowest BCUT2D eigenvalue weighted by atomic mass is 10.0. The summed E-state index contributed by atoms with van der Waals surface area (Å²) in [7, 11) is 5.39. The lowest BCUT2D eigenvalue weighted by Gasteiger charge is -2.28. The molecule has 19 heavy (non-hydrogen) atoms. The summed E-state index contributed by atoms with van der Waals surface area (Å²) in [5.41, 5.74) is 0. The zero-order chi connectivity index (χ0) is 15.2. The van der Waals surface area contributed by atoms with Crippen LogP contribution in [0.2, 0.25) is 0 Å². The topological polar surface area (TPSA) is 72.9 Å². The van der Waals surface area contributed by atoms with Crippen molar-refractivity contribution in [2.24, 2.45) is 5.92 Å². The van der Waals surface area contributed by atoms with Gasteiger partial charge in [-0.3, -0.25) is 0 Å². The summed E-state index contributed by atoms with van der Waals surface area (Å²) in [5, 5.41) is 11.8. The first-order valence-corrected chi connectivity index (χ1v) is 6.56. The fraction of sp³-hybridized carbons (Fsp3) is 0.846. The zero-order valence-electron chi connectivity index (χ0n) is 12.8. The van der Waals surface area contributed by atoms with Gasteiger partial charge in [0.25, 0.3) is 0 Å². The Labute approximate surface area is 115 Å². The second kappa shape index (κ2) is 7.99. The molecular weight excluding hydrogens is 246 g/mol. The van der Waals surface area contributed by atoms with Crippen LogP contribution in [0, 0.1) is 5.92 Å². The Hall–Kier alpha value is -1.30. The molecule has 112 valence electrons. The fourth-order valence-electron chi connectivity index (χ4n) is 1.81. The Bertz CT molecular complexity index is 296. The number of aliphatic carboxylic acids is 1. The molecule has 0 aliphatic heterocycles. The number of urea groups is 1. The largest absolute Gasteiger partial charge is 0.480 e. The lowest BCUT2D eigenvalue weighted by molar-refractivity contribution is -0.141. The van der Waals surface area contributed by atoms with Gasteiger partial charge in [-0.05, 0) is 33.4 Å². The number of carboxylic acids is 1. The maximum absolute atomic E-state index is 12.0. The molecule has 0 aromatic carbocycles. The van der Waals surface area contributed by atoms with Gasteiger partial charge in [0.15, 0.2) is 0 Å². The molecule has 0 radical (unpaired) electrons. The number of nitrogens with one attached hydrogen (secondary N) is 1. The first-order valence-electron chi connectivity index (χ1n) is 6.56. The normalized spacial score (nSPS) is 14.3. The molecule has 0 bridgehead atoms. The van der Waals surface area contributed by atoms with E-state index >= 15 is 0 Å². The van der Waals surface area contributed by atoms with Gasteiger partial charge in [-0.25, -0.2) is 9.59 Å². The van der Waals surface area contributed by atoms with Crippen molar-refractivity contribution in [1.29, 1.82) is 0 Å². The molecule has 0 aliphatic rings. The van der Waals surface area contributed by atoms with Gasteiger partial charge in [-0.2, -0.15) is 0 Å². The molecule has 2 amide bonds. The quantitative estimate of drug-likeness (QED) is 0.728. The second-order valence-electron chi connectivity index (χ2n) is 5.66. The van der Waals surface area contributed by atoms with E-state index in [1.54, 1.807) is 0 Å². The summed E-state index contributed by atoms with van der Waals surface area (Å²) >= 11 is 0. The predicted molar refractivity (Wildman–Crippen MR) is 75.2 cm³/mol. The third-order valence-electron chi connectivity index (χ3n) is 2.93. The molecule has 0 fully saturated rings. The Balaban J connectivity index is 4.56. The highest BCUT2D eigenvalue weighted by atomic mass is 16.4. The monoisotopic (exact) mass is 273 g/mol. The van der Waals surface area contributed by atoms with E-state index in [0.717, 1.165) is 13.0 Å². The van der Waals surface area contributed by atoms with Gasteiger partial charge in [0, 0.05) is 19.6 Å². The second-order valence-corrected chi connectivity index (χ2v) is 5.66. The summed E-state index contributed by atoms with van der Waals surface area (Å²) in [4.78, 5) is 26.1. The number of carbonyl (C=O) groups is 2. The smallest absolute Gasteiger partial charge is 0.326 e. The minimum atomic E-state index is -1.01. The van der Waals surface area contributed by atoms with Crippen LogP contribution in [0.5, 0.6) is 0 Å². The SMILES string of the molecule is CC(C)CC(CN(C)C)NC(=O)N(C)C(C)C(=O)O. The van der Waals surface area contributed by atoms with Crippen molar-refractivity contribution in [3.8, 4) is 0 Å². The van der Waals surface area contributed by atoms with E-state index in [2.05, 4.69) is 19.2 Å². The molecule has 0 rings (SSSR count). The minimum Gasteiger partial charge on any atom is -0.480 e. The van der Waals surface area contributed by atoms with Crippen LogP contribution in [-0.2, 0) is 4.79 Å². The Morgan fingerprint density at radius 2 is 1.68 bits per heavy atom. The van der Waals surface area contributed by atoms with Crippen molar-refractivity contribution < 1.29 is 14.7 Å². The molecule has 0 aromatic rings. The summed E-state index contributed by atoms with van der Waals surface area (Å²) in [6.07, 6.45) is 0.860. The summed E-state index contributed by atoms with van der Waals surface area (Å²) < 4.78 is 0. The Morgan fingerprint density at radius 1 is 1.16 bits per heavy atom. The minimum absolute atomic E-state index is 0.0194. The average Bonchev–Trinajstić information content (AvgIpc) is 2.24. The summed E-state index contributed by atoms with van der Waals surface area (Å²) in [5.74, 6) is -0.543. The van der Waals surface area contributed by atoms with E-state index in [1.165, 1.54) is 18.9 Å². The highest BCUT2D eigenvalue weighted by Gasteiger charge is 2.24. The van der Waals surface area contributed by atoms with Crippen LogP contribution in [0.25, 0.3) is 0 Å². The highest BCUT2D eigenvalue weighted by molar-refractivity contribution is 5.82. The summed E-state index contributed by atoms with van der Waals surface area (Å²) in [6.45, 7) is 6.42. The van der Waals surface area contributed by atoms with Crippen LogP contribution in [-0.4, -0.2) is 66.7 Å². The van der Waals surface area contributed by atoms with Crippen molar-refractivity contribution in [2.45, 2.75) is 39.3 Å². The number of carboxylic acid groups (broad SMARTS) is 1. The van der Waals surface area contributed by atoms with E-state index < -0.39 is 12.0 Å². The molecule has 2 unspecified atom stereocenters. The molecule has 2 N–H and O–H groups in total. The van der Waals surface area contributed by atoms with Gasteiger partial charge < -0.3 is 20.2 Å². The van der Waals surface area contributed by atoms with Crippen molar-refractivity contribution in [1.82, 2.24) is 15.1 Å². The third-order valence-corrected chi connectivity index (χ3v) is 2.93. The molecule has 0 aliphatic carbocycles. The van der Waals surface area contributed by atoms with Crippen LogP contribution in [0.4, 0.5) is 4.79 Å². The Kier molecular flexibility index (Phi) is 7.44. The van der Waals surface area contributed by atoms with Crippen LogP contribution < -0.4 is 5.32 Å². The predicted octanol–water partition coefficient (Wildman–Crippen LogP) is 1.08. The van der Waals surface area contributed by atoms with Crippen molar-refractivity contribution in [2.75, 3.05) is 27.7 Å². The van der Waals surface area contributed by atoms with E-state index in [-0.39, 0.29) is 12.1 Å². The lowest BCUT2D eigenvalue weighted by Crippen LogP contribution is -2.51.